The summed E-state index contributed by atoms with van der Waals surface area (Å²) in [4.78, 5) is 0. The van der Waals surface area contributed by atoms with E-state index in [4.69, 9.17) is 16.3 Å². The molecule has 2 heteroatoms. The number of rotatable bonds is 2. The summed E-state index contributed by atoms with van der Waals surface area (Å²) in [6.07, 6.45) is 1.28. The first-order chi connectivity index (χ1) is 8.39. The first-order valence-corrected chi connectivity index (χ1v) is 7.19. The van der Waals surface area contributed by atoms with Gasteiger partial charge in [-0.3, -0.25) is 0 Å². The van der Waals surface area contributed by atoms with Crippen LogP contribution >= 0.6 is 11.6 Å². The van der Waals surface area contributed by atoms with Gasteiger partial charge in [0.25, 0.3) is 0 Å². The highest BCUT2D eigenvalue weighted by atomic mass is 35.5. The van der Waals surface area contributed by atoms with E-state index in [1.165, 1.54) is 11.1 Å². The minimum absolute atomic E-state index is 0.0310. The van der Waals surface area contributed by atoms with Crippen LogP contribution in [0.3, 0.4) is 0 Å². The fourth-order valence-corrected chi connectivity index (χ4v) is 2.91. The lowest BCUT2D eigenvalue weighted by Gasteiger charge is -2.23. The van der Waals surface area contributed by atoms with Gasteiger partial charge in [0.1, 0.15) is 0 Å². The summed E-state index contributed by atoms with van der Waals surface area (Å²) in [7, 11) is 0. The molecule has 1 heterocycles. The van der Waals surface area contributed by atoms with Crippen molar-refractivity contribution in [3.8, 4) is 0 Å². The summed E-state index contributed by atoms with van der Waals surface area (Å²) < 4.78 is 5.75. The Morgan fingerprint density at radius 2 is 1.83 bits per heavy atom. The fraction of sp³-hybridized carbons (Fsp3) is 0.625. The molecule has 1 aromatic rings. The second kappa shape index (κ2) is 5.22. The monoisotopic (exact) mass is 266 g/mol. The van der Waals surface area contributed by atoms with E-state index in [9.17, 15) is 0 Å². The number of hydrogen-bond donors (Lipinski definition) is 0. The molecule has 1 aliphatic heterocycles. The van der Waals surface area contributed by atoms with Gasteiger partial charge in [-0.25, -0.2) is 0 Å². The lowest BCUT2D eigenvalue weighted by atomic mass is 9.86. The molecule has 1 saturated heterocycles. The predicted molar refractivity (Wildman–Crippen MR) is 77.3 cm³/mol. The van der Waals surface area contributed by atoms with E-state index >= 15 is 0 Å². The summed E-state index contributed by atoms with van der Waals surface area (Å²) in [5, 5.41) is -0.0310. The second-order valence-electron chi connectivity index (χ2n) is 6.38. The fourth-order valence-electron chi connectivity index (χ4n) is 2.45. The number of ether oxygens (including phenoxy) is 1. The minimum Gasteiger partial charge on any atom is -0.376 e. The van der Waals surface area contributed by atoms with Gasteiger partial charge in [0.2, 0.25) is 0 Å². The van der Waals surface area contributed by atoms with Gasteiger partial charge in [-0.1, -0.05) is 52.0 Å². The number of halogens is 1. The Morgan fingerprint density at radius 3 is 2.28 bits per heavy atom. The molecule has 0 amide bonds. The van der Waals surface area contributed by atoms with E-state index in [2.05, 4.69) is 52.0 Å². The van der Waals surface area contributed by atoms with Gasteiger partial charge in [0.05, 0.1) is 11.5 Å². The molecule has 1 nitrogen and oxygen atoms in total. The van der Waals surface area contributed by atoms with Crippen molar-refractivity contribution in [2.45, 2.75) is 51.0 Å². The van der Waals surface area contributed by atoms with Crippen LogP contribution in [-0.4, -0.2) is 12.7 Å². The van der Waals surface area contributed by atoms with Crippen molar-refractivity contribution in [1.29, 1.82) is 0 Å². The van der Waals surface area contributed by atoms with Crippen molar-refractivity contribution in [2.75, 3.05) is 6.61 Å². The molecule has 18 heavy (non-hydrogen) atoms. The minimum atomic E-state index is -0.0310. The summed E-state index contributed by atoms with van der Waals surface area (Å²) in [6, 6.07) is 8.66. The highest BCUT2D eigenvalue weighted by Gasteiger charge is 2.31. The maximum Gasteiger partial charge on any atom is 0.0849 e. The van der Waals surface area contributed by atoms with E-state index in [0.717, 1.165) is 13.0 Å². The molecule has 0 saturated carbocycles. The van der Waals surface area contributed by atoms with E-state index in [0.29, 0.717) is 5.92 Å². The van der Waals surface area contributed by atoms with E-state index in [1.54, 1.807) is 0 Å². The third kappa shape index (κ3) is 2.89. The lowest BCUT2D eigenvalue weighted by molar-refractivity contribution is 0.0903. The molecule has 1 fully saturated rings. The van der Waals surface area contributed by atoms with Crippen LogP contribution < -0.4 is 0 Å². The van der Waals surface area contributed by atoms with Crippen LogP contribution in [0.4, 0.5) is 0 Å². The number of alkyl halides is 1. The third-order valence-corrected chi connectivity index (χ3v) is 4.33. The molecule has 1 aliphatic rings. The summed E-state index contributed by atoms with van der Waals surface area (Å²) >= 11 is 6.55. The van der Waals surface area contributed by atoms with Crippen molar-refractivity contribution >= 4 is 11.6 Å². The number of benzene rings is 1. The Bertz CT molecular complexity index is 391. The van der Waals surface area contributed by atoms with Crippen LogP contribution in [0, 0.1) is 5.92 Å². The molecule has 0 bridgehead atoms. The topological polar surface area (TPSA) is 9.23 Å². The van der Waals surface area contributed by atoms with Crippen molar-refractivity contribution in [3.05, 3.63) is 35.4 Å². The maximum absolute atomic E-state index is 6.55. The average molecular weight is 267 g/mol. The van der Waals surface area contributed by atoms with E-state index < -0.39 is 0 Å². The average Bonchev–Trinajstić information content (AvgIpc) is 2.73. The zero-order valence-corrected chi connectivity index (χ0v) is 12.5. The van der Waals surface area contributed by atoms with Gasteiger partial charge >= 0.3 is 0 Å². The summed E-state index contributed by atoms with van der Waals surface area (Å²) in [5.41, 5.74) is 2.70. The lowest BCUT2D eigenvalue weighted by Crippen LogP contribution is -2.19. The Kier molecular flexibility index (Phi) is 4.03. The van der Waals surface area contributed by atoms with Gasteiger partial charge in [0, 0.05) is 6.61 Å². The number of hydrogen-bond acceptors (Lipinski definition) is 1. The maximum atomic E-state index is 6.55. The SMILES string of the molecule is CC1CCOC1C(Cl)c1ccc(C(C)(C)C)cc1. The van der Waals surface area contributed by atoms with E-state index in [-0.39, 0.29) is 16.9 Å². The normalized spacial score (nSPS) is 26.3. The highest BCUT2D eigenvalue weighted by Crippen LogP contribution is 2.36. The van der Waals surface area contributed by atoms with Crippen LogP contribution in [0.5, 0.6) is 0 Å². The van der Waals surface area contributed by atoms with Gasteiger partial charge in [-0.15, -0.1) is 11.6 Å². The molecule has 3 atom stereocenters. The van der Waals surface area contributed by atoms with Crippen LogP contribution in [-0.2, 0) is 10.2 Å². The molecule has 2 rings (SSSR count). The molecule has 0 N–H and O–H groups in total. The quantitative estimate of drug-likeness (QED) is 0.706. The van der Waals surface area contributed by atoms with Gasteiger partial charge in [0.15, 0.2) is 0 Å². The van der Waals surface area contributed by atoms with E-state index in [1.807, 2.05) is 0 Å². The second-order valence-corrected chi connectivity index (χ2v) is 6.85. The van der Waals surface area contributed by atoms with Crippen LogP contribution in [0.25, 0.3) is 0 Å². The van der Waals surface area contributed by atoms with Crippen LogP contribution in [0.1, 0.15) is 50.6 Å². The molecule has 0 aromatic heterocycles. The zero-order chi connectivity index (χ0) is 13.3. The zero-order valence-electron chi connectivity index (χ0n) is 11.7. The van der Waals surface area contributed by atoms with Crippen LogP contribution in [0.15, 0.2) is 24.3 Å². The summed E-state index contributed by atoms with van der Waals surface area (Å²) in [6.45, 7) is 9.73. The first-order valence-electron chi connectivity index (χ1n) is 6.75. The van der Waals surface area contributed by atoms with Gasteiger partial charge < -0.3 is 4.74 Å². The molecule has 0 radical (unpaired) electrons. The molecular weight excluding hydrogens is 244 g/mol. The van der Waals surface area contributed by atoms with Gasteiger partial charge in [-0.05, 0) is 28.9 Å². The molecule has 3 unspecified atom stereocenters. The molecule has 0 aliphatic carbocycles. The van der Waals surface area contributed by atoms with Crippen LogP contribution in [0.2, 0.25) is 0 Å². The molecule has 100 valence electrons. The van der Waals surface area contributed by atoms with Crippen molar-refractivity contribution in [1.82, 2.24) is 0 Å². The standard InChI is InChI=1S/C16H23ClO/c1-11-9-10-18-15(11)14(17)12-5-7-13(8-6-12)16(2,3)4/h5-8,11,14-15H,9-10H2,1-4H3. The Labute approximate surface area is 115 Å². The largest absolute Gasteiger partial charge is 0.376 e. The van der Waals surface area contributed by atoms with Gasteiger partial charge in [-0.2, -0.15) is 0 Å². The molecule has 1 aromatic carbocycles. The Balaban J connectivity index is 2.14. The van der Waals surface area contributed by atoms with Crippen molar-refractivity contribution in [2.24, 2.45) is 5.92 Å². The summed E-state index contributed by atoms with van der Waals surface area (Å²) in [5.74, 6) is 0.551. The predicted octanol–water partition coefficient (Wildman–Crippen LogP) is 4.69. The van der Waals surface area contributed by atoms with Crippen molar-refractivity contribution in [3.63, 3.8) is 0 Å². The Hall–Kier alpha value is -0.530. The Morgan fingerprint density at radius 1 is 1.22 bits per heavy atom. The smallest absolute Gasteiger partial charge is 0.0849 e. The molecular formula is C16H23ClO. The third-order valence-electron chi connectivity index (χ3n) is 3.83. The first kappa shape index (κ1) is 13.9. The highest BCUT2D eigenvalue weighted by molar-refractivity contribution is 6.21. The molecule has 0 spiro atoms. The van der Waals surface area contributed by atoms with Crippen molar-refractivity contribution < 1.29 is 4.74 Å².